The number of carbonyl (C=O) groups is 1. The third-order valence-electron chi connectivity index (χ3n) is 2.50. The van der Waals surface area contributed by atoms with E-state index in [1.807, 2.05) is 6.92 Å². The number of aromatic nitrogens is 3. The molecule has 0 saturated heterocycles. The maximum Gasteiger partial charge on any atom is 0.251 e. The topological polar surface area (TPSA) is 93.8 Å². The molecule has 98 valence electrons. The van der Waals surface area contributed by atoms with Gasteiger partial charge in [0.2, 0.25) is 0 Å². The van der Waals surface area contributed by atoms with Crippen LogP contribution < -0.4 is 11.1 Å². The van der Waals surface area contributed by atoms with Crippen LogP contribution in [-0.4, -0.2) is 20.9 Å². The summed E-state index contributed by atoms with van der Waals surface area (Å²) in [6, 6.07) is 3.23. The van der Waals surface area contributed by atoms with Crippen molar-refractivity contribution in [3.63, 3.8) is 0 Å². The number of pyridine rings is 1. The molecule has 2 aromatic rings. The van der Waals surface area contributed by atoms with E-state index in [0.717, 1.165) is 5.69 Å². The maximum atomic E-state index is 11.9. The van der Waals surface area contributed by atoms with Gasteiger partial charge in [-0.25, -0.2) is 4.98 Å². The molecule has 0 bridgehead atoms. The van der Waals surface area contributed by atoms with E-state index in [2.05, 4.69) is 20.3 Å². The van der Waals surface area contributed by atoms with Crippen LogP contribution in [0.5, 0.6) is 0 Å². The Labute approximate surface area is 111 Å². The molecule has 0 fully saturated rings. The van der Waals surface area contributed by atoms with E-state index >= 15 is 0 Å². The molecular formula is C13H15N5O. The molecule has 0 aromatic carbocycles. The molecule has 0 radical (unpaired) electrons. The standard InChI is InChI=1S/C13H15N5O/c1-8-3-10(4-12(14)18-8)13(19)17-7-11-6-15-9(2)5-16-11/h3-6H,7H2,1-2H3,(H2,14,18)(H,17,19). The molecule has 0 spiro atoms. The summed E-state index contributed by atoms with van der Waals surface area (Å²) in [7, 11) is 0. The van der Waals surface area contributed by atoms with Crippen molar-refractivity contribution in [3.05, 3.63) is 47.2 Å². The number of nitrogens with one attached hydrogen (secondary N) is 1. The van der Waals surface area contributed by atoms with Gasteiger partial charge in [0.1, 0.15) is 5.82 Å². The molecule has 2 heterocycles. The van der Waals surface area contributed by atoms with Gasteiger partial charge in [-0.05, 0) is 26.0 Å². The Kier molecular flexibility index (Phi) is 3.70. The number of aryl methyl sites for hydroxylation is 2. The summed E-state index contributed by atoms with van der Waals surface area (Å²) < 4.78 is 0. The summed E-state index contributed by atoms with van der Waals surface area (Å²) in [5.41, 5.74) is 8.35. The molecule has 0 unspecified atom stereocenters. The van der Waals surface area contributed by atoms with Crippen molar-refractivity contribution in [2.75, 3.05) is 5.73 Å². The number of anilines is 1. The van der Waals surface area contributed by atoms with E-state index in [9.17, 15) is 4.79 Å². The average molecular weight is 257 g/mol. The van der Waals surface area contributed by atoms with Gasteiger partial charge in [0, 0.05) is 17.5 Å². The summed E-state index contributed by atoms with van der Waals surface area (Å²) >= 11 is 0. The van der Waals surface area contributed by atoms with E-state index in [-0.39, 0.29) is 5.91 Å². The second kappa shape index (κ2) is 5.43. The number of hydrogen-bond acceptors (Lipinski definition) is 5. The van der Waals surface area contributed by atoms with Crippen molar-refractivity contribution < 1.29 is 4.79 Å². The summed E-state index contributed by atoms with van der Waals surface area (Å²) in [5, 5.41) is 2.76. The lowest BCUT2D eigenvalue weighted by Crippen LogP contribution is -2.23. The zero-order valence-electron chi connectivity index (χ0n) is 10.8. The van der Waals surface area contributed by atoms with Gasteiger partial charge in [-0.1, -0.05) is 0 Å². The zero-order valence-corrected chi connectivity index (χ0v) is 10.8. The molecule has 6 heteroatoms. The van der Waals surface area contributed by atoms with Crippen molar-refractivity contribution in [2.45, 2.75) is 20.4 Å². The third-order valence-corrected chi connectivity index (χ3v) is 2.50. The predicted molar refractivity (Wildman–Crippen MR) is 71.3 cm³/mol. The van der Waals surface area contributed by atoms with Gasteiger partial charge in [0.15, 0.2) is 0 Å². The van der Waals surface area contributed by atoms with Gasteiger partial charge in [0.25, 0.3) is 5.91 Å². The lowest BCUT2D eigenvalue weighted by Gasteiger charge is -2.06. The minimum Gasteiger partial charge on any atom is -0.384 e. The van der Waals surface area contributed by atoms with Crippen LogP contribution in [0.2, 0.25) is 0 Å². The largest absolute Gasteiger partial charge is 0.384 e. The Morgan fingerprint density at radius 2 is 2.00 bits per heavy atom. The Morgan fingerprint density at radius 1 is 1.21 bits per heavy atom. The molecule has 0 aliphatic carbocycles. The van der Waals surface area contributed by atoms with E-state index in [4.69, 9.17) is 5.73 Å². The summed E-state index contributed by atoms with van der Waals surface area (Å²) in [4.78, 5) is 24.2. The fourth-order valence-electron chi connectivity index (χ4n) is 1.61. The summed E-state index contributed by atoms with van der Waals surface area (Å²) in [6.45, 7) is 3.98. The molecule has 3 N–H and O–H groups in total. The lowest BCUT2D eigenvalue weighted by atomic mass is 10.2. The second-order valence-electron chi connectivity index (χ2n) is 4.25. The number of amides is 1. The van der Waals surface area contributed by atoms with Gasteiger partial charge in [0.05, 0.1) is 24.1 Å². The lowest BCUT2D eigenvalue weighted by molar-refractivity contribution is 0.0950. The Bertz CT molecular complexity index is 574. The maximum absolute atomic E-state index is 11.9. The highest BCUT2D eigenvalue weighted by Crippen LogP contribution is 2.07. The highest BCUT2D eigenvalue weighted by Gasteiger charge is 2.07. The van der Waals surface area contributed by atoms with Crippen molar-refractivity contribution in [2.24, 2.45) is 0 Å². The van der Waals surface area contributed by atoms with Gasteiger partial charge in [-0.3, -0.25) is 14.8 Å². The van der Waals surface area contributed by atoms with E-state index in [1.165, 1.54) is 0 Å². The Morgan fingerprint density at radius 3 is 2.63 bits per heavy atom. The summed E-state index contributed by atoms with van der Waals surface area (Å²) in [6.07, 6.45) is 3.30. The molecular weight excluding hydrogens is 242 g/mol. The first-order valence-electron chi connectivity index (χ1n) is 5.84. The zero-order chi connectivity index (χ0) is 13.8. The quantitative estimate of drug-likeness (QED) is 0.855. The first kappa shape index (κ1) is 12.9. The smallest absolute Gasteiger partial charge is 0.251 e. The van der Waals surface area contributed by atoms with Gasteiger partial charge < -0.3 is 11.1 Å². The van der Waals surface area contributed by atoms with E-state index in [0.29, 0.717) is 29.3 Å². The van der Waals surface area contributed by atoms with E-state index < -0.39 is 0 Å². The average Bonchev–Trinajstić information content (AvgIpc) is 2.36. The van der Waals surface area contributed by atoms with Crippen LogP contribution >= 0.6 is 0 Å². The Balaban J connectivity index is 2.03. The van der Waals surface area contributed by atoms with Crippen molar-refractivity contribution in [1.29, 1.82) is 0 Å². The molecule has 0 aliphatic heterocycles. The number of nitrogens with two attached hydrogens (primary N) is 1. The van der Waals surface area contributed by atoms with Crippen molar-refractivity contribution in [1.82, 2.24) is 20.3 Å². The van der Waals surface area contributed by atoms with Crippen LogP contribution in [0.25, 0.3) is 0 Å². The fourth-order valence-corrected chi connectivity index (χ4v) is 1.61. The van der Waals surface area contributed by atoms with Gasteiger partial charge in [-0.15, -0.1) is 0 Å². The van der Waals surface area contributed by atoms with Gasteiger partial charge >= 0.3 is 0 Å². The highest BCUT2D eigenvalue weighted by atomic mass is 16.1. The fraction of sp³-hybridized carbons (Fsp3) is 0.231. The number of hydrogen-bond donors (Lipinski definition) is 2. The molecule has 6 nitrogen and oxygen atoms in total. The van der Waals surface area contributed by atoms with Crippen molar-refractivity contribution in [3.8, 4) is 0 Å². The van der Waals surface area contributed by atoms with Gasteiger partial charge in [-0.2, -0.15) is 0 Å². The molecule has 2 aromatic heterocycles. The second-order valence-corrected chi connectivity index (χ2v) is 4.25. The molecule has 1 amide bonds. The minimum absolute atomic E-state index is 0.209. The Hall–Kier alpha value is -2.50. The predicted octanol–water partition coefficient (Wildman–Crippen LogP) is 1.00. The van der Waals surface area contributed by atoms with Crippen LogP contribution in [0.1, 0.15) is 27.4 Å². The highest BCUT2D eigenvalue weighted by molar-refractivity contribution is 5.94. The monoisotopic (exact) mass is 257 g/mol. The third kappa shape index (κ3) is 3.48. The van der Waals surface area contributed by atoms with Crippen LogP contribution in [0.15, 0.2) is 24.5 Å². The SMILES string of the molecule is Cc1cnc(CNC(=O)c2cc(C)nc(N)c2)cn1. The number of nitrogen functional groups attached to an aromatic ring is 1. The van der Waals surface area contributed by atoms with Crippen LogP contribution in [0.4, 0.5) is 5.82 Å². The molecule has 19 heavy (non-hydrogen) atoms. The first-order chi connectivity index (χ1) is 9.04. The number of carbonyl (C=O) groups excluding carboxylic acids is 1. The molecule has 0 atom stereocenters. The minimum atomic E-state index is -0.209. The number of rotatable bonds is 3. The normalized spacial score (nSPS) is 10.2. The first-order valence-corrected chi connectivity index (χ1v) is 5.84. The van der Waals surface area contributed by atoms with E-state index in [1.54, 1.807) is 31.5 Å². The van der Waals surface area contributed by atoms with Crippen LogP contribution in [-0.2, 0) is 6.54 Å². The van der Waals surface area contributed by atoms with Crippen LogP contribution in [0, 0.1) is 13.8 Å². The molecule has 0 saturated carbocycles. The van der Waals surface area contributed by atoms with Crippen molar-refractivity contribution >= 4 is 11.7 Å². The molecule has 2 rings (SSSR count). The number of nitrogens with zero attached hydrogens (tertiary/aromatic N) is 3. The summed E-state index contributed by atoms with van der Waals surface area (Å²) in [5.74, 6) is 0.125. The van der Waals surface area contributed by atoms with Crippen LogP contribution in [0.3, 0.4) is 0 Å². The molecule has 0 aliphatic rings.